The number of nitrogens with one attached hydrogen (secondary N) is 1. The maximum Gasteiger partial charge on any atom is 0.150 e. The van der Waals surface area contributed by atoms with Gasteiger partial charge in [-0.15, -0.1) is 0 Å². The Kier molecular flexibility index (Phi) is 4.02. The summed E-state index contributed by atoms with van der Waals surface area (Å²) in [6.45, 7) is 0.670. The van der Waals surface area contributed by atoms with Gasteiger partial charge in [0.05, 0.1) is 11.5 Å². The molecular weight excluding hydrogens is 253 g/mol. The van der Waals surface area contributed by atoms with E-state index in [2.05, 4.69) is 5.32 Å². The van der Waals surface area contributed by atoms with Crippen molar-refractivity contribution in [2.75, 3.05) is 25.1 Å². The summed E-state index contributed by atoms with van der Waals surface area (Å²) >= 11 is 0. The van der Waals surface area contributed by atoms with E-state index in [-0.39, 0.29) is 29.2 Å². The van der Waals surface area contributed by atoms with Crippen molar-refractivity contribution in [3.63, 3.8) is 0 Å². The number of benzene rings is 1. The lowest BCUT2D eigenvalue weighted by Gasteiger charge is -2.22. The molecule has 1 aliphatic heterocycles. The van der Waals surface area contributed by atoms with Gasteiger partial charge in [0.1, 0.15) is 5.82 Å². The van der Waals surface area contributed by atoms with Crippen LogP contribution in [0.1, 0.15) is 17.9 Å². The third-order valence-corrected chi connectivity index (χ3v) is 5.33. The molecule has 1 N–H and O–H groups in total. The first-order valence-electron chi connectivity index (χ1n) is 6.12. The molecule has 1 heterocycles. The predicted octanol–water partition coefficient (Wildman–Crippen LogP) is 1.56. The second kappa shape index (κ2) is 5.36. The normalized spacial score (nSPS) is 24.0. The van der Waals surface area contributed by atoms with Crippen LogP contribution < -0.4 is 5.32 Å². The van der Waals surface area contributed by atoms with Gasteiger partial charge in [-0.2, -0.15) is 0 Å². The summed E-state index contributed by atoms with van der Waals surface area (Å²) in [6.07, 6.45) is 0.672. The van der Waals surface area contributed by atoms with E-state index in [9.17, 15) is 12.8 Å². The molecule has 2 atom stereocenters. The lowest BCUT2D eigenvalue weighted by Crippen LogP contribution is -2.25. The lowest BCUT2D eigenvalue weighted by atomic mass is 9.85. The molecule has 100 valence electrons. The molecule has 0 spiro atoms. The zero-order valence-electron chi connectivity index (χ0n) is 10.4. The van der Waals surface area contributed by atoms with E-state index in [0.717, 1.165) is 5.56 Å². The molecule has 0 saturated carbocycles. The summed E-state index contributed by atoms with van der Waals surface area (Å²) in [5, 5.41) is 3.07. The van der Waals surface area contributed by atoms with Crippen molar-refractivity contribution in [1.29, 1.82) is 0 Å². The van der Waals surface area contributed by atoms with Gasteiger partial charge in [-0.3, -0.25) is 0 Å². The van der Waals surface area contributed by atoms with Crippen LogP contribution in [-0.2, 0) is 9.84 Å². The smallest absolute Gasteiger partial charge is 0.150 e. The zero-order chi connectivity index (χ0) is 13.2. The Morgan fingerprint density at radius 1 is 1.50 bits per heavy atom. The second-order valence-corrected chi connectivity index (χ2v) is 7.11. The summed E-state index contributed by atoms with van der Waals surface area (Å²) in [5.74, 6) is 0.352. The highest BCUT2D eigenvalue weighted by Gasteiger charge is 2.34. The standard InChI is InChI=1S/C13H18FNO2S/c1-15-8-13(10-3-2-4-12(14)7-10)11-5-6-18(16,17)9-11/h2-4,7,11,13,15H,5-6,8-9H2,1H3. The molecule has 1 aliphatic rings. The van der Waals surface area contributed by atoms with Gasteiger partial charge < -0.3 is 5.32 Å². The summed E-state index contributed by atoms with van der Waals surface area (Å²) in [5.41, 5.74) is 0.881. The maximum absolute atomic E-state index is 13.3. The van der Waals surface area contributed by atoms with E-state index in [0.29, 0.717) is 13.0 Å². The van der Waals surface area contributed by atoms with Crippen molar-refractivity contribution in [2.45, 2.75) is 12.3 Å². The molecule has 1 fully saturated rings. The van der Waals surface area contributed by atoms with Crippen LogP contribution in [-0.4, -0.2) is 33.5 Å². The quantitative estimate of drug-likeness (QED) is 0.904. The molecule has 1 saturated heterocycles. The van der Waals surface area contributed by atoms with Crippen molar-refractivity contribution >= 4 is 9.84 Å². The Morgan fingerprint density at radius 3 is 2.83 bits per heavy atom. The number of likely N-dealkylation sites (N-methyl/N-ethyl adjacent to an activating group) is 1. The van der Waals surface area contributed by atoms with Crippen LogP contribution in [0.15, 0.2) is 24.3 Å². The highest BCUT2D eigenvalue weighted by molar-refractivity contribution is 7.91. The van der Waals surface area contributed by atoms with Crippen molar-refractivity contribution in [3.05, 3.63) is 35.6 Å². The molecule has 5 heteroatoms. The average Bonchev–Trinajstić information content (AvgIpc) is 2.66. The van der Waals surface area contributed by atoms with E-state index in [1.165, 1.54) is 12.1 Å². The Hall–Kier alpha value is -0.940. The van der Waals surface area contributed by atoms with E-state index in [1.54, 1.807) is 6.07 Å². The number of hydrogen-bond donors (Lipinski definition) is 1. The van der Waals surface area contributed by atoms with Crippen LogP contribution in [0.3, 0.4) is 0 Å². The number of rotatable bonds is 4. The van der Waals surface area contributed by atoms with Crippen LogP contribution in [0.2, 0.25) is 0 Å². The highest BCUT2D eigenvalue weighted by Crippen LogP contribution is 2.33. The molecule has 1 aromatic carbocycles. The Bertz CT molecular complexity index is 515. The van der Waals surface area contributed by atoms with E-state index in [1.807, 2.05) is 13.1 Å². The highest BCUT2D eigenvalue weighted by atomic mass is 32.2. The summed E-state index contributed by atoms with van der Waals surface area (Å²) in [6, 6.07) is 6.46. The predicted molar refractivity (Wildman–Crippen MR) is 69.8 cm³/mol. The molecular formula is C13H18FNO2S. The van der Waals surface area contributed by atoms with Crippen molar-refractivity contribution in [3.8, 4) is 0 Å². The molecule has 3 nitrogen and oxygen atoms in total. The summed E-state index contributed by atoms with van der Waals surface area (Å²) < 4.78 is 36.4. The van der Waals surface area contributed by atoms with Gasteiger partial charge in [0.15, 0.2) is 9.84 Å². The molecule has 0 aliphatic carbocycles. The van der Waals surface area contributed by atoms with Gasteiger partial charge in [0.2, 0.25) is 0 Å². The zero-order valence-corrected chi connectivity index (χ0v) is 11.2. The van der Waals surface area contributed by atoms with E-state index < -0.39 is 9.84 Å². The minimum Gasteiger partial charge on any atom is -0.319 e. The third-order valence-electron chi connectivity index (χ3n) is 3.54. The van der Waals surface area contributed by atoms with Gasteiger partial charge >= 0.3 is 0 Å². The van der Waals surface area contributed by atoms with Crippen molar-refractivity contribution in [1.82, 2.24) is 5.32 Å². The third kappa shape index (κ3) is 3.09. The van der Waals surface area contributed by atoms with Crippen LogP contribution in [0, 0.1) is 11.7 Å². The summed E-state index contributed by atoms with van der Waals surface area (Å²) in [7, 11) is -1.07. The summed E-state index contributed by atoms with van der Waals surface area (Å²) in [4.78, 5) is 0. The number of hydrogen-bond acceptors (Lipinski definition) is 3. The Labute approximate surface area is 107 Å². The fourth-order valence-electron chi connectivity index (χ4n) is 2.65. The molecule has 0 bridgehead atoms. The lowest BCUT2D eigenvalue weighted by molar-refractivity contribution is 0.449. The minimum absolute atomic E-state index is 0.0583. The Morgan fingerprint density at radius 2 is 2.28 bits per heavy atom. The van der Waals surface area contributed by atoms with Gasteiger partial charge in [-0.05, 0) is 37.1 Å². The molecule has 1 aromatic rings. The van der Waals surface area contributed by atoms with Gasteiger partial charge in [0.25, 0.3) is 0 Å². The number of sulfone groups is 1. The first kappa shape index (κ1) is 13.5. The Balaban J connectivity index is 2.24. The second-order valence-electron chi connectivity index (χ2n) is 4.88. The van der Waals surface area contributed by atoms with Crippen LogP contribution in [0.4, 0.5) is 4.39 Å². The van der Waals surface area contributed by atoms with Gasteiger partial charge in [-0.1, -0.05) is 12.1 Å². The number of halogens is 1. The molecule has 2 unspecified atom stereocenters. The average molecular weight is 271 g/mol. The fourth-order valence-corrected chi connectivity index (χ4v) is 4.53. The van der Waals surface area contributed by atoms with Crippen molar-refractivity contribution in [2.24, 2.45) is 5.92 Å². The molecule has 0 amide bonds. The van der Waals surface area contributed by atoms with Crippen LogP contribution >= 0.6 is 0 Å². The SMILES string of the molecule is CNCC(c1cccc(F)c1)C1CCS(=O)(=O)C1. The first-order valence-corrected chi connectivity index (χ1v) is 7.94. The topological polar surface area (TPSA) is 46.2 Å². The minimum atomic E-state index is -2.90. The van der Waals surface area contributed by atoms with Gasteiger partial charge in [-0.25, -0.2) is 12.8 Å². The van der Waals surface area contributed by atoms with E-state index in [4.69, 9.17) is 0 Å². The molecule has 0 radical (unpaired) electrons. The molecule has 0 aromatic heterocycles. The van der Waals surface area contributed by atoms with Crippen molar-refractivity contribution < 1.29 is 12.8 Å². The fraction of sp³-hybridized carbons (Fsp3) is 0.538. The monoisotopic (exact) mass is 271 g/mol. The molecule has 2 rings (SSSR count). The molecule has 18 heavy (non-hydrogen) atoms. The maximum atomic E-state index is 13.3. The van der Waals surface area contributed by atoms with Gasteiger partial charge in [0, 0.05) is 12.5 Å². The first-order chi connectivity index (χ1) is 8.52. The van der Waals surface area contributed by atoms with Crippen LogP contribution in [0.25, 0.3) is 0 Å². The van der Waals surface area contributed by atoms with Crippen LogP contribution in [0.5, 0.6) is 0 Å². The van der Waals surface area contributed by atoms with E-state index >= 15 is 0 Å². The largest absolute Gasteiger partial charge is 0.319 e.